The van der Waals surface area contributed by atoms with Crippen molar-refractivity contribution in [3.05, 3.63) is 25.3 Å². The summed E-state index contributed by atoms with van der Waals surface area (Å²) in [5, 5.41) is 9.05. The average Bonchev–Trinajstić information content (AvgIpc) is 3.36. The summed E-state index contributed by atoms with van der Waals surface area (Å²) < 4.78 is 12.0. The number of rotatable bonds is 13. The zero-order chi connectivity index (χ0) is 25.1. The van der Waals surface area contributed by atoms with Gasteiger partial charge in [-0.25, -0.2) is 0 Å². The van der Waals surface area contributed by atoms with Crippen LogP contribution < -0.4 is 0 Å². The summed E-state index contributed by atoms with van der Waals surface area (Å²) in [5.41, 5.74) is -1.88. The Hall–Kier alpha value is -2.19. The third kappa shape index (κ3) is 4.42. The third-order valence-electron chi connectivity index (χ3n) is 7.65. The van der Waals surface area contributed by atoms with E-state index in [-0.39, 0.29) is 31.1 Å². The van der Waals surface area contributed by atoms with Crippen LogP contribution in [0.2, 0.25) is 0 Å². The van der Waals surface area contributed by atoms with Crippen molar-refractivity contribution in [3.8, 4) is 0 Å². The summed E-state index contributed by atoms with van der Waals surface area (Å²) in [6.07, 6.45) is 7.43. The monoisotopic (exact) mass is 476 g/mol. The lowest BCUT2D eigenvalue weighted by molar-refractivity contribution is -0.159. The molecule has 3 aliphatic heterocycles. The molecule has 0 aromatic carbocycles. The van der Waals surface area contributed by atoms with Gasteiger partial charge in [-0.2, -0.15) is 0 Å². The van der Waals surface area contributed by atoms with Crippen LogP contribution in [-0.4, -0.2) is 82.3 Å². The van der Waals surface area contributed by atoms with Gasteiger partial charge in [-0.3, -0.25) is 14.4 Å². The molecule has 8 nitrogen and oxygen atoms in total. The van der Waals surface area contributed by atoms with E-state index in [1.54, 1.807) is 15.9 Å². The van der Waals surface area contributed by atoms with Crippen molar-refractivity contribution in [2.24, 2.45) is 11.8 Å². The molecular formula is C26H40N2O6. The molecule has 1 spiro atoms. The van der Waals surface area contributed by atoms with E-state index in [1.807, 2.05) is 20.8 Å². The highest BCUT2D eigenvalue weighted by Gasteiger charge is 2.78. The van der Waals surface area contributed by atoms with E-state index in [9.17, 15) is 14.4 Å². The van der Waals surface area contributed by atoms with Crippen molar-refractivity contribution in [1.82, 2.24) is 9.80 Å². The largest absolute Gasteiger partial charge is 0.461 e. The van der Waals surface area contributed by atoms with Crippen LogP contribution in [0.25, 0.3) is 0 Å². The molecule has 3 rings (SSSR count). The fourth-order valence-corrected chi connectivity index (χ4v) is 6.13. The van der Waals surface area contributed by atoms with Crippen LogP contribution >= 0.6 is 0 Å². The van der Waals surface area contributed by atoms with Crippen molar-refractivity contribution >= 4 is 17.8 Å². The van der Waals surface area contributed by atoms with Gasteiger partial charge in [0.1, 0.15) is 24.2 Å². The Morgan fingerprint density at radius 3 is 2.56 bits per heavy atom. The predicted molar refractivity (Wildman–Crippen MR) is 128 cm³/mol. The zero-order valence-electron chi connectivity index (χ0n) is 20.8. The standard InChI is InChI=1S/C26H40N2O6/c1-6-14-27(18(3)4)23(31)21-26-13-12-25(5,34-26)20(24(32)33-17-7-2)19(26)22(30)28(21)15-10-8-9-11-16-29/h6-7,18-21,29H,1-2,8-17H2,3-5H3/t19-,20+,21?,25-,26?/m0/s1. The fraction of sp³-hybridized carbons (Fsp3) is 0.731. The molecule has 0 radical (unpaired) electrons. The quantitative estimate of drug-likeness (QED) is 0.249. The molecule has 0 aromatic rings. The van der Waals surface area contributed by atoms with Crippen molar-refractivity contribution < 1.29 is 29.0 Å². The zero-order valence-corrected chi connectivity index (χ0v) is 20.8. The van der Waals surface area contributed by atoms with E-state index < -0.39 is 35.0 Å². The Labute approximate surface area is 202 Å². The van der Waals surface area contributed by atoms with Crippen LogP contribution in [0.4, 0.5) is 0 Å². The summed E-state index contributed by atoms with van der Waals surface area (Å²) in [5.74, 6) is -2.33. The highest BCUT2D eigenvalue weighted by Crippen LogP contribution is 2.63. The number of carbonyl (C=O) groups is 3. The number of aliphatic hydroxyl groups excluding tert-OH is 1. The Kier molecular flexibility index (Phi) is 8.24. The molecule has 1 N–H and O–H groups in total. The fourth-order valence-electron chi connectivity index (χ4n) is 6.13. The predicted octanol–water partition coefficient (Wildman–Crippen LogP) is 2.46. The Bertz CT molecular complexity index is 813. The van der Waals surface area contributed by atoms with Gasteiger partial charge in [0.25, 0.3) is 0 Å². The molecule has 3 aliphatic rings. The minimum atomic E-state index is -1.04. The number of carbonyl (C=O) groups excluding carboxylic acids is 3. The molecule has 2 unspecified atom stereocenters. The van der Waals surface area contributed by atoms with Crippen LogP contribution in [-0.2, 0) is 23.9 Å². The minimum absolute atomic E-state index is 0.0662. The molecule has 2 amide bonds. The van der Waals surface area contributed by atoms with Crippen LogP contribution in [0, 0.1) is 11.8 Å². The summed E-state index contributed by atoms with van der Waals surface area (Å²) in [7, 11) is 0. The van der Waals surface area contributed by atoms with Crippen molar-refractivity contribution in [1.29, 1.82) is 0 Å². The summed E-state index contributed by atoms with van der Waals surface area (Å²) in [6.45, 7) is 14.1. The van der Waals surface area contributed by atoms with E-state index in [4.69, 9.17) is 14.6 Å². The Morgan fingerprint density at radius 1 is 1.24 bits per heavy atom. The van der Waals surface area contributed by atoms with Crippen LogP contribution in [0.15, 0.2) is 25.3 Å². The number of unbranched alkanes of at least 4 members (excludes halogenated alkanes) is 3. The number of hydrogen-bond donors (Lipinski definition) is 1. The van der Waals surface area contributed by atoms with Crippen molar-refractivity contribution in [2.45, 2.75) is 82.6 Å². The lowest BCUT2D eigenvalue weighted by Crippen LogP contribution is -2.57. The first-order valence-electron chi connectivity index (χ1n) is 12.5. The van der Waals surface area contributed by atoms with Crippen LogP contribution in [0.1, 0.15) is 59.3 Å². The first-order chi connectivity index (χ1) is 16.2. The number of hydrogen-bond acceptors (Lipinski definition) is 6. The third-order valence-corrected chi connectivity index (χ3v) is 7.65. The molecule has 3 fully saturated rings. The Balaban J connectivity index is 1.97. The first-order valence-corrected chi connectivity index (χ1v) is 12.5. The van der Waals surface area contributed by atoms with E-state index in [0.717, 1.165) is 12.8 Å². The smallest absolute Gasteiger partial charge is 0.313 e. The van der Waals surface area contributed by atoms with E-state index in [1.165, 1.54) is 6.08 Å². The number of nitrogens with zero attached hydrogens (tertiary/aromatic N) is 2. The molecule has 0 aromatic heterocycles. The van der Waals surface area contributed by atoms with Gasteiger partial charge in [0, 0.05) is 25.7 Å². The molecule has 8 heteroatoms. The second-order valence-corrected chi connectivity index (χ2v) is 10.2. The van der Waals surface area contributed by atoms with E-state index in [2.05, 4.69) is 13.2 Å². The Morgan fingerprint density at radius 2 is 1.94 bits per heavy atom. The van der Waals surface area contributed by atoms with Crippen molar-refractivity contribution in [3.63, 3.8) is 0 Å². The van der Waals surface area contributed by atoms with Gasteiger partial charge in [0.2, 0.25) is 11.8 Å². The lowest BCUT2D eigenvalue weighted by atomic mass is 9.66. The second-order valence-electron chi connectivity index (χ2n) is 10.2. The van der Waals surface area contributed by atoms with Gasteiger partial charge in [0.15, 0.2) is 0 Å². The maximum Gasteiger partial charge on any atom is 0.313 e. The minimum Gasteiger partial charge on any atom is -0.461 e. The molecule has 34 heavy (non-hydrogen) atoms. The van der Waals surface area contributed by atoms with E-state index >= 15 is 0 Å². The van der Waals surface area contributed by atoms with Gasteiger partial charge in [-0.05, 0) is 46.5 Å². The first kappa shape index (κ1) is 26.4. The van der Waals surface area contributed by atoms with Gasteiger partial charge < -0.3 is 24.4 Å². The average molecular weight is 477 g/mol. The molecule has 3 saturated heterocycles. The topological polar surface area (TPSA) is 96.4 Å². The number of esters is 1. The van der Waals surface area contributed by atoms with E-state index in [0.29, 0.717) is 38.8 Å². The van der Waals surface area contributed by atoms with Gasteiger partial charge in [-0.1, -0.05) is 31.6 Å². The molecular weight excluding hydrogens is 436 g/mol. The molecule has 0 saturated carbocycles. The summed E-state index contributed by atoms with van der Waals surface area (Å²) in [4.78, 5) is 44.3. The van der Waals surface area contributed by atoms with Gasteiger partial charge in [-0.15, -0.1) is 6.58 Å². The SMILES string of the molecule is C=CCOC(=O)[C@H]1[C@H]2C(=O)N(CCCCCCO)C(C(=O)N(CC=C)C(C)C)C23CC[C@]1(C)O3. The summed E-state index contributed by atoms with van der Waals surface area (Å²) >= 11 is 0. The van der Waals surface area contributed by atoms with Gasteiger partial charge in [0.05, 0.1) is 11.5 Å². The molecule has 2 bridgehead atoms. The highest BCUT2D eigenvalue weighted by atomic mass is 16.6. The number of fused-ring (bicyclic) bond motifs is 1. The molecule has 0 aliphatic carbocycles. The number of ether oxygens (including phenoxy) is 2. The van der Waals surface area contributed by atoms with Crippen LogP contribution in [0.3, 0.4) is 0 Å². The maximum atomic E-state index is 14.0. The van der Waals surface area contributed by atoms with Crippen LogP contribution in [0.5, 0.6) is 0 Å². The van der Waals surface area contributed by atoms with Gasteiger partial charge >= 0.3 is 5.97 Å². The number of amides is 2. The normalized spacial score (nSPS) is 31.6. The number of aliphatic hydroxyl groups is 1. The molecule has 3 heterocycles. The maximum absolute atomic E-state index is 14.0. The second kappa shape index (κ2) is 10.6. The summed E-state index contributed by atoms with van der Waals surface area (Å²) in [6, 6.07) is -0.866. The highest BCUT2D eigenvalue weighted by molar-refractivity contribution is 5.98. The number of likely N-dealkylation sites (tertiary alicyclic amines) is 1. The molecule has 5 atom stereocenters. The molecule has 190 valence electrons. The lowest BCUT2D eigenvalue weighted by Gasteiger charge is -2.38. The van der Waals surface area contributed by atoms with Crippen molar-refractivity contribution in [2.75, 3.05) is 26.3 Å².